The van der Waals surface area contributed by atoms with Crippen molar-refractivity contribution >= 4 is 36.2 Å². The van der Waals surface area contributed by atoms with Crippen LogP contribution in [0, 0.1) is 17.8 Å². The minimum Gasteiger partial charge on any atom is -0.481 e. The Hall–Kier alpha value is -1.91. The molecule has 0 saturated heterocycles. The summed E-state index contributed by atoms with van der Waals surface area (Å²) in [7, 11) is 0. The zero-order valence-electron chi connectivity index (χ0n) is 11.8. The van der Waals surface area contributed by atoms with Crippen molar-refractivity contribution in [2.24, 2.45) is 29.2 Å². The van der Waals surface area contributed by atoms with E-state index in [1.54, 1.807) is 0 Å². The minimum absolute atomic E-state index is 0. The predicted molar refractivity (Wildman–Crippen MR) is 76.3 cm³/mol. The Morgan fingerprint density at radius 2 is 1.83 bits per heavy atom. The zero-order valence-corrected chi connectivity index (χ0v) is 12.7. The molecule has 6 atom stereocenters. The third-order valence-electron chi connectivity index (χ3n) is 4.39. The molecule has 130 valence electrons. The number of nitrogens with one attached hydrogen (secondary N) is 1. The molecular formula is C12H18ClN3O7. The van der Waals surface area contributed by atoms with Gasteiger partial charge in [0.25, 0.3) is 0 Å². The molecule has 2 aliphatic rings. The molecule has 11 heteroatoms. The first kappa shape index (κ1) is 19.1. The summed E-state index contributed by atoms with van der Waals surface area (Å²) in [5.74, 6) is -7.09. The fraction of sp³-hybridized carbons (Fsp3) is 0.667. The molecule has 2 rings (SSSR count). The highest BCUT2D eigenvalue weighted by Gasteiger charge is 2.75. The van der Waals surface area contributed by atoms with Crippen LogP contribution in [0.15, 0.2) is 0 Å². The quantitative estimate of drug-likeness (QED) is 0.296. The molecular weight excluding hydrogens is 334 g/mol. The number of amides is 2. The number of carboxylic acid groups (broad SMARTS) is 2. The first-order valence-electron chi connectivity index (χ1n) is 6.62. The maximum Gasteiger partial charge on any atom is 0.329 e. The van der Waals surface area contributed by atoms with Crippen LogP contribution in [0.2, 0.25) is 0 Å². The fourth-order valence-corrected chi connectivity index (χ4v) is 3.41. The Bertz CT molecular complexity index is 557. The van der Waals surface area contributed by atoms with E-state index < -0.39 is 65.6 Å². The van der Waals surface area contributed by atoms with Gasteiger partial charge in [-0.2, -0.15) is 0 Å². The van der Waals surface area contributed by atoms with Gasteiger partial charge in [0.1, 0.15) is 5.54 Å². The number of carbonyl (C=O) groups is 4. The lowest BCUT2D eigenvalue weighted by atomic mass is 9.89. The van der Waals surface area contributed by atoms with Crippen molar-refractivity contribution < 1.29 is 34.5 Å². The van der Waals surface area contributed by atoms with E-state index in [1.165, 1.54) is 0 Å². The van der Waals surface area contributed by atoms with Crippen molar-refractivity contribution in [3.05, 3.63) is 0 Å². The zero-order chi connectivity index (χ0) is 16.8. The molecule has 2 fully saturated rings. The van der Waals surface area contributed by atoms with Gasteiger partial charge >= 0.3 is 11.9 Å². The van der Waals surface area contributed by atoms with Crippen molar-refractivity contribution in [3.63, 3.8) is 0 Å². The molecule has 0 aliphatic heterocycles. The summed E-state index contributed by atoms with van der Waals surface area (Å²) in [6.45, 7) is 0. The second-order valence-electron chi connectivity index (χ2n) is 5.78. The van der Waals surface area contributed by atoms with Gasteiger partial charge < -0.3 is 32.1 Å². The lowest BCUT2D eigenvalue weighted by Crippen LogP contribution is -2.60. The van der Waals surface area contributed by atoms with Crippen LogP contribution in [0.4, 0.5) is 0 Å². The summed E-state index contributed by atoms with van der Waals surface area (Å²) in [4.78, 5) is 45.4. The summed E-state index contributed by atoms with van der Waals surface area (Å²) in [5.41, 5.74) is 8.47. The second kappa shape index (κ2) is 6.30. The Morgan fingerprint density at radius 3 is 2.22 bits per heavy atom. The number of carboxylic acids is 2. The molecule has 8 N–H and O–H groups in total. The van der Waals surface area contributed by atoms with Gasteiger partial charge in [-0.3, -0.25) is 14.4 Å². The summed E-state index contributed by atoms with van der Waals surface area (Å²) in [6.07, 6.45) is -1.92. The first-order valence-corrected chi connectivity index (χ1v) is 6.62. The average Bonchev–Trinajstić information content (AvgIpc) is 3.06. The van der Waals surface area contributed by atoms with Crippen LogP contribution >= 0.6 is 12.4 Å². The van der Waals surface area contributed by atoms with Gasteiger partial charge in [0, 0.05) is 18.3 Å². The topological polar surface area (TPSA) is 193 Å². The van der Waals surface area contributed by atoms with Crippen LogP contribution < -0.4 is 16.8 Å². The number of nitrogens with two attached hydrogens (primary N) is 2. The van der Waals surface area contributed by atoms with E-state index in [0.717, 1.165) is 0 Å². The SMILES string of the molecule is Cl.NC(=O)C[C@H](N)C(=O)N[C@@]1(C(=O)O)C[C@H](O)[C@H]2[C@H](C(=O)O)[C@H]21. The number of halogens is 1. The van der Waals surface area contributed by atoms with Crippen LogP contribution in [-0.2, 0) is 19.2 Å². The van der Waals surface area contributed by atoms with Crippen LogP contribution in [0.5, 0.6) is 0 Å². The van der Waals surface area contributed by atoms with E-state index in [-0.39, 0.29) is 18.8 Å². The molecule has 0 heterocycles. The number of hydrogen-bond acceptors (Lipinski definition) is 6. The summed E-state index contributed by atoms with van der Waals surface area (Å²) in [6, 6.07) is -1.34. The predicted octanol–water partition coefficient (Wildman–Crippen LogP) is -2.74. The maximum atomic E-state index is 12.0. The number of aliphatic carboxylic acids is 2. The molecule has 0 aromatic rings. The smallest absolute Gasteiger partial charge is 0.329 e. The average molecular weight is 352 g/mol. The second-order valence-corrected chi connectivity index (χ2v) is 5.78. The molecule has 0 aromatic carbocycles. The van der Waals surface area contributed by atoms with Crippen molar-refractivity contribution in [1.82, 2.24) is 5.32 Å². The molecule has 2 aliphatic carbocycles. The van der Waals surface area contributed by atoms with Crippen molar-refractivity contribution in [2.75, 3.05) is 0 Å². The Balaban J connectivity index is 0.00000264. The Morgan fingerprint density at radius 1 is 1.26 bits per heavy atom. The molecule has 0 radical (unpaired) electrons. The summed E-state index contributed by atoms with van der Waals surface area (Å²) in [5, 5.41) is 30.6. The van der Waals surface area contributed by atoms with Crippen molar-refractivity contribution in [1.29, 1.82) is 0 Å². The van der Waals surface area contributed by atoms with Gasteiger partial charge in [-0.15, -0.1) is 12.4 Å². The number of primary amides is 1. The van der Waals surface area contributed by atoms with Crippen LogP contribution in [0.25, 0.3) is 0 Å². The largest absolute Gasteiger partial charge is 0.481 e. The van der Waals surface area contributed by atoms with Gasteiger partial charge in [0.05, 0.1) is 24.5 Å². The maximum absolute atomic E-state index is 12.0. The molecule has 0 bridgehead atoms. The standard InChI is InChI=1S/C12H17N3O7.ClH/c13-3(1-5(14)17)9(18)15-12(11(21)22)2-4(16)6-7(8(6)12)10(19)20;/h3-4,6-8,16H,1-2,13H2,(H2,14,17)(H,15,18)(H,19,20)(H,21,22);1H/t3-,4-,6-,7-,8-,12-;/m0./s1. The van der Waals surface area contributed by atoms with E-state index in [1.807, 2.05) is 0 Å². The van der Waals surface area contributed by atoms with Crippen LogP contribution in [0.3, 0.4) is 0 Å². The van der Waals surface area contributed by atoms with Gasteiger partial charge in [-0.05, 0) is 0 Å². The van der Waals surface area contributed by atoms with Crippen LogP contribution in [0.1, 0.15) is 12.8 Å². The highest BCUT2D eigenvalue weighted by Crippen LogP contribution is 2.62. The van der Waals surface area contributed by atoms with E-state index in [9.17, 15) is 29.4 Å². The third kappa shape index (κ3) is 3.09. The molecule has 10 nitrogen and oxygen atoms in total. The highest BCUT2D eigenvalue weighted by molar-refractivity contribution is 5.94. The fourth-order valence-electron chi connectivity index (χ4n) is 3.41. The lowest BCUT2D eigenvalue weighted by molar-refractivity contribution is -0.150. The number of aliphatic hydroxyl groups is 1. The van der Waals surface area contributed by atoms with Gasteiger partial charge in [-0.1, -0.05) is 0 Å². The van der Waals surface area contributed by atoms with Crippen LogP contribution in [-0.4, -0.2) is 56.8 Å². The summed E-state index contributed by atoms with van der Waals surface area (Å²) >= 11 is 0. The van der Waals surface area contributed by atoms with Crippen molar-refractivity contribution in [2.45, 2.75) is 30.5 Å². The van der Waals surface area contributed by atoms with Gasteiger partial charge in [-0.25, -0.2) is 4.79 Å². The first-order chi connectivity index (χ1) is 10.1. The Labute approximate surface area is 136 Å². The van der Waals surface area contributed by atoms with E-state index in [2.05, 4.69) is 5.32 Å². The number of rotatable bonds is 6. The third-order valence-corrected chi connectivity index (χ3v) is 4.39. The lowest BCUT2D eigenvalue weighted by Gasteiger charge is -2.30. The number of aliphatic hydroxyl groups excluding tert-OH is 1. The highest BCUT2D eigenvalue weighted by atomic mass is 35.5. The minimum atomic E-state index is -1.90. The molecule has 0 unspecified atom stereocenters. The van der Waals surface area contributed by atoms with Gasteiger partial charge in [0.2, 0.25) is 11.8 Å². The van der Waals surface area contributed by atoms with E-state index >= 15 is 0 Å². The molecule has 0 spiro atoms. The number of hydrogen-bond donors (Lipinski definition) is 6. The number of fused-ring (bicyclic) bond motifs is 1. The summed E-state index contributed by atoms with van der Waals surface area (Å²) < 4.78 is 0. The monoisotopic (exact) mass is 351 g/mol. The Kier molecular flexibility index (Phi) is 5.24. The molecule has 2 amide bonds. The number of carbonyl (C=O) groups excluding carboxylic acids is 2. The van der Waals surface area contributed by atoms with Crippen molar-refractivity contribution in [3.8, 4) is 0 Å². The van der Waals surface area contributed by atoms with E-state index in [0.29, 0.717) is 0 Å². The normalized spacial score (nSPS) is 35.4. The molecule has 2 saturated carbocycles. The molecule has 23 heavy (non-hydrogen) atoms. The molecule has 0 aromatic heterocycles. The van der Waals surface area contributed by atoms with E-state index in [4.69, 9.17) is 16.6 Å². The van der Waals surface area contributed by atoms with Gasteiger partial charge in [0.15, 0.2) is 0 Å².